The van der Waals surface area contributed by atoms with E-state index >= 15 is 0 Å². The first-order chi connectivity index (χ1) is 5.36. The van der Waals surface area contributed by atoms with Crippen molar-refractivity contribution in [3.05, 3.63) is 35.1 Å². The number of halogens is 1. The summed E-state index contributed by atoms with van der Waals surface area (Å²) in [4.78, 5) is 8.40. The van der Waals surface area contributed by atoms with Gasteiger partial charge in [0.2, 0.25) is 0 Å². The molecule has 0 bridgehead atoms. The standard InChI is InChI=1S/C8H5BrN2/c9-8-5-10-6-3-1-2-4-7(6)11-8/h1-5H. The van der Waals surface area contributed by atoms with Gasteiger partial charge in [0.05, 0.1) is 17.2 Å². The minimum atomic E-state index is 0.774. The predicted molar refractivity (Wildman–Crippen MR) is 47.2 cm³/mol. The van der Waals surface area contributed by atoms with Crippen molar-refractivity contribution in [1.82, 2.24) is 9.97 Å². The van der Waals surface area contributed by atoms with Gasteiger partial charge in [0, 0.05) is 0 Å². The second-order valence-electron chi connectivity index (χ2n) is 2.18. The van der Waals surface area contributed by atoms with E-state index < -0.39 is 0 Å². The maximum absolute atomic E-state index is 4.23. The lowest BCUT2D eigenvalue weighted by Gasteiger charge is -1.94. The van der Waals surface area contributed by atoms with Crippen LogP contribution in [0.3, 0.4) is 0 Å². The van der Waals surface area contributed by atoms with E-state index in [0.29, 0.717) is 0 Å². The molecule has 0 aliphatic rings. The predicted octanol–water partition coefficient (Wildman–Crippen LogP) is 2.39. The van der Waals surface area contributed by atoms with Crippen molar-refractivity contribution >= 4 is 27.0 Å². The summed E-state index contributed by atoms with van der Waals surface area (Å²) in [6, 6.07) is 7.77. The number of hydrogen-bond acceptors (Lipinski definition) is 2. The fraction of sp³-hybridized carbons (Fsp3) is 0. The van der Waals surface area contributed by atoms with Crippen LogP contribution in [-0.4, -0.2) is 9.97 Å². The molecule has 2 aromatic rings. The van der Waals surface area contributed by atoms with Crippen molar-refractivity contribution < 1.29 is 0 Å². The molecule has 1 aromatic carbocycles. The molecule has 0 amide bonds. The Labute approximate surface area is 72.4 Å². The SMILES string of the molecule is Brc1cnc2ccccc2n1. The third-order valence-electron chi connectivity index (χ3n) is 1.42. The molecule has 2 rings (SSSR count). The van der Waals surface area contributed by atoms with Crippen LogP contribution in [0.5, 0.6) is 0 Å². The van der Waals surface area contributed by atoms with Gasteiger partial charge in [-0.2, -0.15) is 0 Å². The molecule has 0 radical (unpaired) electrons. The first-order valence-corrected chi connectivity index (χ1v) is 4.03. The summed E-state index contributed by atoms with van der Waals surface area (Å²) in [6.45, 7) is 0. The van der Waals surface area contributed by atoms with Gasteiger partial charge < -0.3 is 0 Å². The van der Waals surface area contributed by atoms with Crippen molar-refractivity contribution in [2.45, 2.75) is 0 Å². The summed E-state index contributed by atoms with van der Waals surface area (Å²) in [5.74, 6) is 0. The molecule has 2 nitrogen and oxygen atoms in total. The van der Waals surface area contributed by atoms with E-state index in [0.717, 1.165) is 15.6 Å². The lowest BCUT2D eigenvalue weighted by molar-refractivity contribution is 1.25. The monoisotopic (exact) mass is 208 g/mol. The Hall–Kier alpha value is -0.960. The molecule has 0 aliphatic carbocycles. The van der Waals surface area contributed by atoms with Gasteiger partial charge >= 0.3 is 0 Å². The third-order valence-corrected chi connectivity index (χ3v) is 1.80. The van der Waals surface area contributed by atoms with Crippen molar-refractivity contribution in [3.8, 4) is 0 Å². The van der Waals surface area contributed by atoms with Crippen LogP contribution >= 0.6 is 15.9 Å². The average Bonchev–Trinajstić information content (AvgIpc) is 2.04. The number of rotatable bonds is 0. The zero-order valence-electron chi connectivity index (χ0n) is 5.66. The maximum atomic E-state index is 4.23. The lowest BCUT2D eigenvalue weighted by Crippen LogP contribution is -1.82. The molecule has 0 saturated carbocycles. The normalized spacial score (nSPS) is 10.3. The van der Waals surface area contributed by atoms with Crippen molar-refractivity contribution in [2.24, 2.45) is 0 Å². The third kappa shape index (κ3) is 1.24. The Morgan fingerprint density at radius 1 is 1.09 bits per heavy atom. The van der Waals surface area contributed by atoms with Crippen molar-refractivity contribution in [3.63, 3.8) is 0 Å². The fourth-order valence-corrected chi connectivity index (χ4v) is 1.23. The molecule has 0 N–H and O–H groups in total. The number of fused-ring (bicyclic) bond motifs is 1. The van der Waals surface area contributed by atoms with Gasteiger partial charge in [-0.1, -0.05) is 12.1 Å². The van der Waals surface area contributed by atoms with Gasteiger partial charge in [0.1, 0.15) is 4.60 Å². The van der Waals surface area contributed by atoms with Crippen LogP contribution in [0.4, 0.5) is 0 Å². The highest BCUT2D eigenvalue weighted by Gasteiger charge is 1.93. The van der Waals surface area contributed by atoms with E-state index in [4.69, 9.17) is 0 Å². The molecule has 1 aromatic heterocycles. The van der Waals surface area contributed by atoms with Crippen LogP contribution in [0.1, 0.15) is 0 Å². The first-order valence-electron chi connectivity index (χ1n) is 3.23. The van der Waals surface area contributed by atoms with Crippen LogP contribution < -0.4 is 0 Å². The van der Waals surface area contributed by atoms with E-state index in [1.54, 1.807) is 6.20 Å². The largest absolute Gasteiger partial charge is 0.252 e. The molecule has 0 fully saturated rings. The molecule has 0 saturated heterocycles. The summed E-state index contributed by atoms with van der Waals surface area (Å²) < 4.78 is 0.774. The van der Waals surface area contributed by atoms with E-state index in [1.165, 1.54) is 0 Å². The van der Waals surface area contributed by atoms with Crippen LogP contribution in [-0.2, 0) is 0 Å². The van der Waals surface area contributed by atoms with Gasteiger partial charge in [-0.05, 0) is 28.1 Å². The maximum Gasteiger partial charge on any atom is 0.125 e. The number of nitrogens with zero attached hydrogens (tertiary/aromatic N) is 2. The smallest absolute Gasteiger partial charge is 0.125 e. The minimum Gasteiger partial charge on any atom is -0.252 e. The molecule has 54 valence electrons. The molecule has 11 heavy (non-hydrogen) atoms. The number of hydrogen-bond donors (Lipinski definition) is 0. The van der Waals surface area contributed by atoms with Crippen molar-refractivity contribution in [1.29, 1.82) is 0 Å². The van der Waals surface area contributed by atoms with Crippen molar-refractivity contribution in [2.75, 3.05) is 0 Å². The Morgan fingerprint density at radius 3 is 2.64 bits per heavy atom. The van der Waals surface area contributed by atoms with Crippen LogP contribution in [0.2, 0.25) is 0 Å². The average molecular weight is 209 g/mol. The van der Waals surface area contributed by atoms with E-state index in [9.17, 15) is 0 Å². The second kappa shape index (κ2) is 2.58. The topological polar surface area (TPSA) is 25.8 Å². The van der Waals surface area contributed by atoms with E-state index in [-0.39, 0.29) is 0 Å². The van der Waals surface area contributed by atoms with Crippen LogP contribution in [0.15, 0.2) is 35.1 Å². The van der Waals surface area contributed by atoms with Gasteiger partial charge in [-0.25, -0.2) is 4.98 Å². The number of aromatic nitrogens is 2. The molecule has 1 heterocycles. The highest BCUT2D eigenvalue weighted by Crippen LogP contribution is 2.11. The van der Waals surface area contributed by atoms with E-state index in [1.807, 2.05) is 24.3 Å². The molecule has 0 unspecified atom stereocenters. The second-order valence-corrected chi connectivity index (χ2v) is 2.99. The van der Waals surface area contributed by atoms with Gasteiger partial charge in [0.15, 0.2) is 0 Å². The molecule has 0 aliphatic heterocycles. The van der Waals surface area contributed by atoms with Gasteiger partial charge in [-0.3, -0.25) is 4.98 Å². The van der Waals surface area contributed by atoms with Gasteiger partial charge in [-0.15, -0.1) is 0 Å². The summed E-state index contributed by atoms with van der Waals surface area (Å²) in [5, 5.41) is 0. The number of para-hydroxylation sites is 2. The fourth-order valence-electron chi connectivity index (χ4n) is 0.935. The zero-order chi connectivity index (χ0) is 7.68. The summed E-state index contributed by atoms with van der Waals surface area (Å²) in [5.41, 5.74) is 1.84. The Morgan fingerprint density at radius 2 is 1.82 bits per heavy atom. The Balaban J connectivity index is 2.83. The molecule has 0 spiro atoms. The first kappa shape index (κ1) is 6.73. The van der Waals surface area contributed by atoms with Crippen LogP contribution in [0.25, 0.3) is 11.0 Å². The highest BCUT2D eigenvalue weighted by molar-refractivity contribution is 9.10. The lowest BCUT2D eigenvalue weighted by atomic mass is 10.3. The quantitative estimate of drug-likeness (QED) is 0.665. The minimum absolute atomic E-state index is 0.774. The molecule has 0 atom stereocenters. The zero-order valence-corrected chi connectivity index (χ0v) is 7.25. The Bertz CT molecular complexity index is 387. The molecule has 3 heteroatoms. The summed E-state index contributed by atoms with van der Waals surface area (Å²) in [7, 11) is 0. The molecular formula is C8H5BrN2. The van der Waals surface area contributed by atoms with Gasteiger partial charge in [0.25, 0.3) is 0 Å². The number of benzene rings is 1. The molecular weight excluding hydrogens is 204 g/mol. The summed E-state index contributed by atoms with van der Waals surface area (Å²) >= 11 is 3.26. The Kier molecular flexibility index (Phi) is 1.58. The summed E-state index contributed by atoms with van der Waals surface area (Å²) in [6.07, 6.45) is 1.70. The van der Waals surface area contributed by atoms with E-state index in [2.05, 4.69) is 25.9 Å². The highest BCUT2D eigenvalue weighted by atomic mass is 79.9. The van der Waals surface area contributed by atoms with Crippen LogP contribution in [0, 0.1) is 0 Å².